The van der Waals surface area contributed by atoms with Gasteiger partial charge in [-0.2, -0.15) is 0 Å². The number of pyridine rings is 1. The Bertz CT molecular complexity index is 659. The van der Waals surface area contributed by atoms with Gasteiger partial charge in [-0.05, 0) is 31.2 Å². The van der Waals surface area contributed by atoms with Gasteiger partial charge in [0.05, 0.1) is 23.8 Å². The van der Waals surface area contributed by atoms with Gasteiger partial charge in [0.1, 0.15) is 5.82 Å². The molecule has 0 spiro atoms. The third-order valence-corrected chi connectivity index (χ3v) is 4.53. The van der Waals surface area contributed by atoms with Crippen molar-refractivity contribution in [3.05, 3.63) is 33.8 Å². The molecule has 6 heteroatoms. The van der Waals surface area contributed by atoms with Gasteiger partial charge in [-0.15, -0.1) is 0 Å². The van der Waals surface area contributed by atoms with Crippen LogP contribution in [0.3, 0.4) is 0 Å². The van der Waals surface area contributed by atoms with Crippen LogP contribution < -0.4 is 5.32 Å². The molecule has 21 heavy (non-hydrogen) atoms. The first-order chi connectivity index (χ1) is 10.1. The minimum absolute atomic E-state index is 0.482. The lowest BCUT2D eigenvalue weighted by Crippen LogP contribution is -2.28. The zero-order valence-corrected chi connectivity index (χ0v) is 14.0. The third-order valence-electron chi connectivity index (χ3n) is 3.54. The maximum atomic E-state index is 6.21. The first-order valence-corrected chi connectivity index (χ1v) is 8.01. The van der Waals surface area contributed by atoms with E-state index in [4.69, 9.17) is 21.1 Å². The highest BCUT2D eigenvalue weighted by Crippen LogP contribution is 2.30. The predicted octanol–water partition coefficient (Wildman–Crippen LogP) is 4.22. The maximum Gasteiger partial charge on any atom is 0.167 e. The summed E-state index contributed by atoms with van der Waals surface area (Å²) in [5.74, 6) is 0.314. The van der Waals surface area contributed by atoms with Crippen LogP contribution in [0.1, 0.15) is 13.3 Å². The Morgan fingerprint density at radius 1 is 1.29 bits per heavy atom. The zero-order chi connectivity index (χ0) is 14.9. The highest BCUT2D eigenvalue weighted by Gasteiger charge is 2.30. The number of nitrogens with zero attached hydrogens (tertiary/aromatic N) is 1. The van der Waals surface area contributed by atoms with E-state index in [0.717, 1.165) is 34.2 Å². The van der Waals surface area contributed by atoms with E-state index in [0.29, 0.717) is 18.2 Å². The Labute approximate surface area is 136 Å². The third kappa shape index (κ3) is 3.31. The number of benzene rings is 1. The maximum absolute atomic E-state index is 6.21. The zero-order valence-electron chi connectivity index (χ0n) is 11.7. The van der Waals surface area contributed by atoms with Crippen molar-refractivity contribution in [2.75, 3.05) is 25.1 Å². The predicted molar refractivity (Wildman–Crippen MR) is 87.9 cm³/mol. The molecule has 1 N–H and O–H groups in total. The van der Waals surface area contributed by atoms with Crippen LogP contribution in [-0.4, -0.2) is 30.5 Å². The van der Waals surface area contributed by atoms with Crippen molar-refractivity contribution < 1.29 is 9.47 Å². The van der Waals surface area contributed by atoms with E-state index >= 15 is 0 Å². The van der Waals surface area contributed by atoms with E-state index in [1.807, 2.05) is 31.2 Å². The number of hydrogen-bond acceptors (Lipinski definition) is 4. The molecule has 1 fully saturated rings. The Hall–Kier alpha value is -0.880. The second kappa shape index (κ2) is 6.08. The van der Waals surface area contributed by atoms with Crippen molar-refractivity contribution in [2.45, 2.75) is 19.1 Å². The molecule has 1 aromatic carbocycles. The lowest BCUT2D eigenvalue weighted by atomic mass is 10.2. The van der Waals surface area contributed by atoms with E-state index < -0.39 is 5.79 Å². The van der Waals surface area contributed by atoms with Crippen molar-refractivity contribution in [1.82, 2.24) is 4.98 Å². The van der Waals surface area contributed by atoms with Crippen molar-refractivity contribution in [3.63, 3.8) is 0 Å². The monoisotopic (exact) mass is 370 g/mol. The number of rotatable bonds is 4. The van der Waals surface area contributed by atoms with E-state index in [-0.39, 0.29) is 0 Å². The fourth-order valence-electron chi connectivity index (χ4n) is 2.37. The topological polar surface area (TPSA) is 43.4 Å². The average Bonchev–Trinajstić information content (AvgIpc) is 2.90. The first-order valence-electron chi connectivity index (χ1n) is 6.84. The summed E-state index contributed by atoms with van der Waals surface area (Å²) >= 11 is 9.72. The summed E-state index contributed by atoms with van der Waals surface area (Å²) < 4.78 is 12.1. The molecule has 4 nitrogen and oxygen atoms in total. The molecule has 0 radical (unpaired) electrons. The van der Waals surface area contributed by atoms with Gasteiger partial charge in [0.15, 0.2) is 5.79 Å². The van der Waals surface area contributed by atoms with E-state index in [2.05, 4.69) is 26.2 Å². The largest absolute Gasteiger partial charge is 0.370 e. The van der Waals surface area contributed by atoms with Crippen LogP contribution >= 0.6 is 27.5 Å². The second-order valence-electron chi connectivity index (χ2n) is 5.13. The van der Waals surface area contributed by atoms with E-state index in [9.17, 15) is 0 Å². The summed E-state index contributed by atoms with van der Waals surface area (Å²) in [5.41, 5.74) is 0.788. The number of hydrogen-bond donors (Lipinski definition) is 1. The van der Waals surface area contributed by atoms with Gasteiger partial charge in [-0.3, -0.25) is 0 Å². The SMILES string of the molecule is CC1(CCNc2ccc3c(Br)ccc(Cl)c3n2)OCCO1. The molecule has 1 aliphatic heterocycles. The Morgan fingerprint density at radius 3 is 2.81 bits per heavy atom. The average molecular weight is 372 g/mol. The van der Waals surface area contributed by atoms with Crippen molar-refractivity contribution in [1.29, 1.82) is 0 Å². The number of ether oxygens (including phenoxy) is 2. The number of nitrogens with one attached hydrogen (secondary N) is 1. The lowest BCUT2D eigenvalue weighted by molar-refractivity contribution is -0.144. The van der Waals surface area contributed by atoms with Gasteiger partial charge in [0.2, 0.25) is 0 Å². The molecule has 2 aromatic rings. The minimum atomic E-state index is -0.482. The molecular formula is C15H16BrClN2O2. The molecule has 0 aliphatic carbocycles. The minimum Gasteiger partial charge on any atom is -0.370 e. The summed E-state index contributed by atoms with van der Waals surface area (Å²) in [6, 6.07) is 7.72. The van der Waals surface area contributed by atoms with E-state index in [1.54, 1.807) is 0 Å². The van der Waals surface area contributed by atoms with Crippen molar-refractivity contribution >= 4 is 44.3 Å². The summed E-state index contributed by atoms with van der Waals surface area (Å²) in [5, 5.41) is 4.94. The van der Waals surface area contributed by atoms with Gasteiger partial charge < -0.3 is 14.8 Å². The fourth-order valence-corrected chi connectivity index (χ4v) is 3.03. The van der Waals surface area contributed by atoms with Gasteiger partial charge in [0, 0.05) is 22.8 Å². The molecule has 0 atom stereocenters. The lowest BCUT2D eigenvalue weighted by Gasteiger charge is -2.22. The van der Waals surface area contributed by atoms with Crippen molar-refractivity contribution in [3.8, 4) is 0 Å². The quantitative estimate of drug-likeness (QED) is 0.874. The van der Waals surface area contributed by atoms with Gasteiger partial charge in [-0.25, -0.2) is 4.98 Å². The normalized spacial score (nSPS) is 17.3. The summed E-state index contributed by atoms with van der Waals surface area (Å²) in [7, 11) is 0. The van der Waals surface area contributed by atoms with Crippen LogP contribution in [-0.2, 0) is 9.47 Å². The van der Waals surface area contributed by atoms with Crippen LogP contribution in [0.15, 0.2) is 28.7 Å². The molecule has 0 saturated carbocycles. The summed E-state index contributed by atoms with van der Waals surface area (Å²) in [6.45, 7) is 4.01. The molecule has 1 aromatic heterocycles. The van der Waals surface area contributed by atoms with Crippen LogP contribution in [0.2, 0.25) is 5.02 Å². The van der Waals surface area contributed by atoms with Crippen molar-refractivity contribution in [2.24, 2.45) is 0 Å². The number of halogens is 2. The number of fused-ring (bicyclic) bond motifs is 1. The molecule has 2 heterocycles. The van der Waals surface area contributed by atoms with Crippen LogP contribution in [0.25, 0.3) is 10.9 Å². The highest BCUT2D eigenvalue weighted by molar-refractivity contribution is 9.10. The Morgan fingerprint density at radius 2 is 2.05 bits per heavy atom. The van der Waals surface area contributed by atoms with Gasteiger partial charge in [-0.1, -0.05) is 27.5 Å². The van der Waals surface area contributed by atoms with Crippen LogP contribution in [0.5, 0.6) is 0 Å². The summed E-state index contributed by atoms with van der Waals surface area (Å²) in [6.07, 6.45) is 0.763. The molecule has 1 saturated heterocycles. The van der Waals surface area contributed by atoms with E-state index in [1.165, 1.54) is 0 Å². The van der Waals surface area contributed by atoms with Gasteiger partial charge >= 0.3 is 0 Å². The Kier molecular flexibility index (Phi) is 4.36. The van der Waals surface area contributed by atoms with Gasteiger partial charge in [0.25, 0.3) is 0 Å². The molecule has 0 unspecified atom stereocenters. The second-order valence-corrected chi connectivity index (χ2v) is 6.39. The highest BCUT2D eigenvalue weighted by atomic mass is 79.9. The first kappa shape index (κ1) is 15.0. The molecule has 0 bridgehead atoms. The molecular weight excluding hydrogens is 356 g/mol. The molecule has 3 rings (SSSR count). The van der Waals surface area contributed by atoms with Crippen LogP contribution in [0, 0.1) is 0 Å². The smallest absolute Gasteiger partial charge is 0.167 e. The molecule has 112 valence electrons. The Balaban J connectivity index is 1.71. The molecule has 1 aliphatic rings. The van der Waals surface area contributed by atoms with Crippen LogP contribution in [0.4, 0.5) is 5.82 Å². The fraction of sp³-hybridized carbons (Fsp3) is 0.400. The standard InChI is InChI=1S/C15H16BrClN2O2/c1-15(20-8-9-21-15)6-7-18-13-5-2-10-11(16)3-4-12(17)14(10)19-13/h2-5H,6-9H2,1H3,(H,18,19). The summed E-state index contributed by atoms with van der Waals surface area (Å²) in [4.78, 5) is 4.57. The molecule has 0 amide bonds. The number of anilines is 1. The number of aromatic nitrogens is 1.